The molecule has 0 aliphatic carbocycles. The molecular weight excluding hydrogens is 192 g/mol. The molecule has 5 heteroatoms. The molecule has 15 heavy (non-hydrogen) atoms. The first-order valence-corrected chi connectivity index (χ1v) is 4.53. The standard InChI is InChI=1S/C10H8N4O/c1-14-9-7(3-2-4-12-9)15-8-5-11-6-13-10(8)14/h2-6H,1H3. The monoisotopic (exact) mass is 200 g/mol. The molecule has 0 N–H and O–H groups in total. The van der Waals surface area contributed by atoms with E-state index in [-0.39, 0.29) is 0 Å². The summed E-state index contributed by atoms with van der Waals surface area (Å²) in [5.41, 5.74) is 0. The Hall–Kier alpha value is -2.17. The van der Waals surface area contributed by atoms with E-state index in [1.165, 1.54) is 6.33 Å². The topological polar surface area (TPSA) is 51.1 Å². The van der Waals surface area contributed by atoms with E-state index in [0.29, 0.717) is 5.75 Å². The van der Waals surface area contributed by atoms with Crippen LogP contribution in [0.25, 0.3) is 0 Å². The van der Waals surface area contributed by atoms with Crippen LogP contribution < -0.4 is 9.64 Å². The van der Waals surface area contributed by atoms with Crippen LogP contribution in [0.4, 0.5) is 11.6 Å². The van der Waals surface area contributed by atoms with E-state index in [9.17, 15) is 0 Å². The quantitative estimate of drug-likeness (QED) is 0.648. The Morgan fingerprint density at radius 2 is 2.07 bits per heavy atom. The highest BCUT2D eigenvalue weighted by molar-refractivity contribution is 5.70. The molecule has 0 spiro atoms. The van der Waals surface area contributed by atoms with Crippen molar-refractivity contribution in [3.63, 3.8) is 0 Å². The zero-order chi connectivity index (χ0) is 10.3. The number of hydrogen-bond donors (Lipinski definition) is 0. The summed E-state index contributed by atoms with van der Waals surface area (Å²) in [4.78, 5) is 14.2. The highest BCUT2D eigenvalue weighted by Crippen LogP contribution is 2.41. The van der Waals surface area contributed by atoms with E-state index in [1.54, 1.807) is 12.4 Å². The van der Waals surface area contributed by atoms with Crippen LogP contribution in [0, 0.1) is 0 Å². The molecule has 0 amide bonds. The Labute approximate surface area is 86.4 Å². The molecule has 1 aliphatic heterocycles. The lowest BCUT2D eigenvalue weighted by atomic mass is 10.3. The van der Waals surface area contributed by atoms with Crippen LogP contribution in [-0.4, -0.2) is 22.0 Å². The highest BCUT2D eigenvalue weighted by atomic mass is 16.5. The van der Waals surface area contributed by atoms with Gasteiger partial charge in [0.25, 0.3) is 0 Å². The zero-order valence-corrected chi connectivity index (χ0v) is 8.08. The van der Waals surface area contributed by atoms with Crippen molar-refractivity contribution in [1.82, 2.24) is 15.0 Å². The van der Waals surface area contributed by atoms with Gasteiger partial charge in [0.1, 0.15) is 6.33 Å². The number of hydrogen-bond acceptors (Lipinski definition) is 5. The second kappa shape index (κ2) is 2.91. The van der Waals surface area contributed by atoms with E-state index in [1.807, 2.05) is 24.1 Å². The lowest BCUT2D eigenvalue weighted by Gasteiger charge is -2.26. The van der Waals surface area contributed by atoms with Gasteiger partial charge in [-0.1, -0.05) is 0 Å². The number of rotatable bonds is 0. The van der Waals surface area contributed by atoms with Gasteiger partial charge in [-0.2, -0.15) is 0 Å². The molecule has 0 atom stereocenters. The second-order valence-electron chi connectivity index (χ2n) is 3.20. The maximum absolute atomic E-state index is 5.62. The Morgan fingerprint density at radius 1 is 1.20 bits per heavy atom. The van der Waals surface area contributed by atoms with Crippen molar-refractivity contribution < 1.29 is 4.74 Å². The van der Waals surface area contributed by atoms with Gasteiger partial charge in [-0.25, -0.2) is 15.0 Å². The fourth-order valence-corrected chi connectivity index (χ4v) is 1.57. The minimum absolute atomic E-state index is 0.653. The molecule has 0 aromatic carbocycles. The maximum atomic E-state index is 5.62. The number of aromatic nitrogens is 3. The van der Waals surface area contributed by atoms with Crippen LogP contribution >= 0.6 is 0 Å². The normalized spacial score (nSPS) is 12.7. The third-order valence-electron chi connectivity index (χ3n) is 2.27. The van der Waals surface area contributed by atoms with Gasteiger partial charge in [0, 0.05) is 13.2 Å². The molecule has 0 bridgehead atoms. The summed E-state index contributed by atoms with van der Waals surface area (Å²) in [6.45, 7) is 0. The Morgan fingerprint density at radius 3 is 3.00 bits per heavy atom. The molecule has 1 aliphatic rings. The molecular formula is C10H8N4O. The van der Waals surface area contributed by atoms with Gasteiger partial charge in [-0.3, -0.25) is 0 Å². The Bertz CT molecular complexity index is 469. The minimum atomic E-state index is 0.653. The van der Waals surface area contributed by atoms with Crippen LogP contribution in [0.2, 0.25) is 0 Å². The number of anilines is 2. The predicted molar refractivity (Wildman–Crippen MR) is 54.4 cm³/mol. The van der Waals surface area contributed by atoms with Gasteiger partial charge in [0.2, 0.25) is 0 Å². The van der Waals surface area contributed by atoms with Crippen LogP contribution in [0.3, 0.4) is 0 Å². The Kier molecular flexibility index (Phi) is 1.58. The molecule has 74 valence electrons. The molecule has 0 unspecified atom stereocenters. The predicted octanol–water partition coefficient (Wildman–Crippen LogP) is 1.75. The smallest absolute Gasteiger partial charge is 0.188 e. The molecule has 0 radical (unpaired) electrons. The first-order chi connectivity index (χ1) is 7.36. The first kappa shape index (κ1) is 8.16. The van der Waals surface area contributed by atoms with Gasteiger partial charge in [-0.05, 0) is 12.1 Å². The lowest BCUT2D eigenvalue weighted by Crippen LogP contribution is -2.18. The van der Waals surface area contributed by atoms with Crippen molar-refractivity contribution in [3.8, 4) is 11.5 Å². The van der Waals surface area contributed by atoms with Gasteiger partial charge in [0.15, 0.2) is 23.1 Å². The SMILES string of the molecule is CN1c2ncccc2Oc2cncnc21. The molecule has 0 saturated heterocycles. The van der Waals surface area contributed by atoms with Gasteiger partial charge < -0.3 is 9.64 Å². The van der Waals surface area contributed by atoms with E-state index in [0.717, 1.165) is 17.4 Å². The van der Waals surface area contributed by atoms with Crippen molar-refractivity contribution in [3.05, 3.63) is 30.9 Å². The van der Waals surface area contributed by atoms with Gasteiger partial charge in [0.05, 0.1) is 6.20 Å². The van der Waals surface area contributed by atoms with Crippen molar-refractivity contribution in [2.24, 2.45) is 0 Å². The highest BCUT2D eigenvalue weighted by Gasteiger charge is 2.23. The van der Waals surface area contributed by atoms with E-state index in [4.69, 9.17) is 4.74 Å². The van der Waals surface area contributed by atoms with Crippen LogP contribution in [-0.2, 0) is 0 Å². The zero-order valence-electron chi connectivity index (χ0n) is 8.08. The van der Waals surface area contributed by atoms with Crippen molar-refractivity contribution >= 4 is 11.6 Å². The van der Waals surface area contributed by atoms with Crippen molar-refractivity contribution in [2.45, 2.75) is 0 Å². The summed E-state index contributed by atoms with van der Waals surface area (Å²) < 4.78 is 5.62. The lowest BCUT2D eigenvalue weighted by molar-refractivity contribution is 0.466. The van der Waals surface area contributed by atoms with Crippen molar-refractivity contribution in [1.29, 1.82) is 0 Å². The maximum Gasteiger partial charge on any atom is 0.188 e. The number of ether oxygens (including phenoxy) is 1. The first-order valence-electron chi connectivity index (χ1n) is 4.53. The number of fused-ring (bicyclic) bond motifs is 2. The second-order valence-corrected chi connectivity index (χ2v) is 3.20. The minimum Gasteiger partial charge on any atom is -0.448 e. The van der Waals surface area contributed by atoms with Crippen LogP contribution in [0.5, 0.6) is 11.5 Å². The third kappa shape index (κ3) is 1.13. The fourth-order valence-electron chi connectivity index (χ4n) is 1.57. The molecule has 3 rings (SSSR count). The molecule has 0 saturated carbocycles. The molecule has 3 heterocycles. The van der Waals surface area contributed by atoms with Gasteiger partial charge in [-0.15, -0.1) is 0 Å². The summed E-state index contributed by atoms with van der Waals surface area (Å²) in [5, 5.41) is 0. The van der Waals surface area contributed by atoms with Gasteiger partial charge >= 0.3 is 0 Å². The van der Waals surface area contributed by atoms with E-state index < -0.39 is 0 Å². The summed E-state index contributed by atoms with van der Waals surface area (Å²) in [6.07, 6.45) is 4.87. The van der Waals surface area contributed by atoms with E-state index in [2.05, 4.69) is 15.0 Å². The van der Waals surface area contributed by atoms with Crippen LogP contribution in [0.1, 0.15) is 0 Å². The Balaban J connectivity index is 2.20. The summed E-state index contributed by atoms with van der Waals surface area (Å²) in [5.74, 6) is 2.88. The van der Waals surface area contributed by atoms with Crippen LogP contribution in [0.15, 0.2) is 30.9 Å². The fraction of sp³-hybridized carbons (Fsp3) is 0.100. The molecule has 5 nitrogen and oxygen atoms in total. The average Bonchev–Trinajstić information content (AvgIpc) is 2.30. The van der Waals surface area contributed by atoms with Crippen molar-refractivity contribution in [2.75, 3.05) is 11.9 Å². The average molecular weight is 200 g/mol. The molecule has 0 fully saturated rings. The number of pyridine rings is 1. The largest absolute Gasteiger partial charge is 0.448 e. The summed E-state index contributed by atoms with van der Waals surface area (Å²) in [7, 11) is 1.90. The number of nitrogens with zero attached hydrogens (tertiary/aromatic N) is 4. The molecule has 2 aromatic heterocycles. The van der Waals surface area contributed by atoms with E-state index >= 15 is 0 Å². The molecule has 2 aromatic rings. The summed E-state index contributed by atoms with van der Waals surface area (Å²) >= 11 is 0. The summed E-state index contributed by atoms with van der Waals surface area (Å²) in [6, 6.07) is 3.70. The third-order valence-corrected chi connectivity index (χ3v) is 2.27.